The number of para-hydroxylation sites is 1. The highest BCUT2D eigenvalue weighted by molar-refractivity contribution is 6.02. The molecule has 3 rings (SSSR count). The van der Waals surface area contributed by atoms with Crippen molar-refractivity contribution >= 4 is 11.6 Å². The molecule has 0 atom stereocenters. The molecule has 0 aliphatic carbocycles. The zero-order valence-electron chi connectivity index (χ0n) is 9.72. The lowest BCUT2D eigenvalue weighted by Crippen LogP contribution is -2.19. The first-order valence-corrected chi connectivity index (χ1v) is 5.84. The third-order valence-corrected chi connectivity index (χ3v) is 2.78. The molecule has 0 saturated heterocycles. The van der Waals surface area contributed by atoms with Gasteiger partial charge < -0.3 is 10.1 Å². The number of carbonyl (C=O) groups is 1. The Bertz CT molecular complexity index is 582. The van der Waals surface area contributed by atoms with Crippen LogP contribution in [0.1, 0.15) is 16.8 Å². The average molecular weight is 240 g/mol. The molecule has 1 aromatic heterocycles. The maximum absolute atomic E-state index is 11.6. The van der Waals surface area contributed by atoms with Gasteiger partial charge in [-0.25, -0.2) is 0 Å². The Balaban J connectivity index is 1.89. The number of nitrogens with one attached hydrogen (secondary N) is 1. The van der Waals surface area contributed by atoms with Crippen LogP contribution >= 0.6 is 0 Å². The van der Waals surface area contributed by atoms with Crippen molar-refractivity contribution in [3.63, 3.8) is 0 Å². The monoisotopic (exact) mass is 240 g/mol. The van der Waals surface area contributed by atoms with E-state index in [1.807, 2.05) is 30.3 Å². The van der Waals surface area contributed by atoms with Gasteiger partial charge in [0.2, 0.25) is 5.88 Å². The van der Waals surface area contributed by atoms with Crippen molar-refractivity contribution in [3.8, 4) is 11.6 Å². The predicted molar refractivity (Wildman–Crippen MR) is 68.2 cm³/mol. The minimum Gasteiger partial charge on any atom is -0.439 e. The number of ketones is 1. The van der Waals surface area contributed by atoms with Gasteiger partial charge >= 0.3 is 0 Å². The molecule has 2 heterocycles. The third kappa shape index (κ3) is 2.05. The van der Waals surface area contributed by atoms with Crippen LogP contribution in [0, 0.1) is 0 Å². The lowest BCUT2D eigenvalue weighted by atomic mass is 10.1. The van der Waals surface area contributed by atoms with Crippen molar-refractivity contribution in [1.29, 1.82) is 0 Å². The van der Waals surface area contributed by atoms with Gasteiger partial charge in [0.15, 0.2) is 5.78 Å². The number of benzene rings is 1. The van der Waals surface area contributed by atoms with Gasteiger partial charge in [0.25, 0.3) is 0 Å². The molecule has 4 nitrogen and oxygen atoms in total. The number of aromatic nitrogens is 1. The first kappa shape index (κ1) is 10.8. The number of nitrogens with zero attached hydrogens (tertiary/aromatic N) is 1. The second-order valence-corrected chi connectivity index (χ2v) is 4.06. The summed E-state index contributed by atoms with van der Waals surface area (Å²) in [5.41, 5.74) is 0.640. The van der Waals surface area contributed by atoms with Gasteiger partial charge in [-0.1, -0.05) is 18.2 Å². The maximum atomic E-state index is 11.6. The summed E-state index contributed by atoms with van der Waals surface area (Å²) in [5.74, 6) is 1.96. The van der Waals surface area contributed by atoms with Crippen LogP contribution in [-0.2, 0) is 0 Å². The van der Waals surface area contributed by atoms with Gasteiger partial charge in [0, 0.05) is 19.0 Å². The fourth-order valence-corrected chi connectivity index (χ4v) is 1.90. The SMILES string of the molecule is O=C1CCNc2nc(Oc3ccccc3)ccc21. The van der Waals surface area contributed by atoms with Crippen LogP contribution in [-0.4, -0.2) is 17.3 Å². The average Bonchev–Trinajstić information content (AvgIpc) is 2.40. The molecule has 0 unspecified atom stereocenters. The van der Waals surface area contributed by atoms with Crippen molar-refractivity contribution in [2.45, 2.75) is 6.42 Å². The first-order chi connectivity index (χ1) is 8.83. The topological polar surface area (TPSA) is 51.2 Å². The molecule has 0 radical (unpaired) electrons. The fraction of sp³-hybridized carbons (Fsp3) is 0.143. The largest absolute Gasteiger partial charge is 0.439 e. The Labute approximate surface area is 105 Å². The van der Waals surface area contributed by atoms with Crippen molar-refractivity contribution < 1.29 is 9.53 Å². The third-order valence-electron chi connectivity index (χ3n) is 2.78. The van der Waals surface area contributed by atoms with Gasteiger partial charge in [-0.05, 0) is 18.2 Å². The standard InChI is InChI=1S/C14H12N2O2/c17-12-8-9-15-14-11(12)6-7-13(16-14)18-10-4-2-1-3-5-10/h1-7H,8-9H2,(H,15,16). The minimum absolute atomic E-state index is 0.127. The Kier molecular flexibility index (Phi) is 2.68. The predicted octanol–water partition coefficient (Wildman–Crippen LogP) is 2.87. The van der Waals surface area contributed by atoms with Crippen molar-refractivity contribution in [2.75, 3.05) is 11.9 Å². The van der Waals surface area contributed by atoms with E-state index in [9.17, 15) is 4.79 Å². The van der Waals surface area contributed by atoms with E-state index in [1.165, 1.54) is 0 Å². The molecule has 2 aromatic rings. The molecule has 1 aliphatic rings. The molecule has 18 heavy (non-hydrogen) atoms. The molecule has 0 bridgehead atoms. The van der Waals surface area contributed by atoms with E-state index in [0.29, 0.717) is 30.2 Å². The van der Waals surface area contributed by atoms with Gasteiger partial charge in [-0.3, -0.25) is 4.79 Å². The Morgan fingerprint density at radius 1 is 1.11 bits per heavy atom. The van der Waals surface area contributed by atoms with E-state index >= 15 is 0 Å². The van der Waals surface area contributed by atoms with Gasteiger partial charge in [-0.2, -0.15) is 4.98 Å². The van der Waals surface area contributed by atoms with Crippen molar-refractivity contribution in [1.82, 2.24) is 4.98 Å². The number of anilines is 1. The van der Waals surface area contributed by atoms with Crippen LogP contribution in [0.15, 0.2) is 42.5 Å². The number of hydrogen-bond acceptors (Lipinski definition) is 4. The highest BCUT2D eigenvalue weighted by atomic mass is 16.5. The minimum atomic E-state index is 0.127. The normalized spacial score (nSPS) is 13.7. The van der Waals surface area contributed by atoms with E-state index in [-0.39, 0.29) is 5.78 Å². The summed E-state index contributed by atoms with van der Waals surface area (Å²) in [6.07, 6.45) is 0.521. The van der Waals surface area contributed by atoms with Crippen LogP contribution in [0.2, 0.25) is 0 Å². The van der Waals surface area contributed by atoms with Crippen LogP contribution in [0.3, 0.4) is 0 Å². The summed E-state index contributed by atoms with van der Waals surface area (Å²) < 4.78 is 5.62. The maximum Gasteiger partial charge on any atom is 0.221 e. The van der Waals surface area contributed by atoms with E-state index in [2.05, 4.69) is 10.3 Å². The fourth-order valence-electron chi connectivity index (χ4n) is 1.90. The summed E-state index contributed by atoms with van der Waals surface area (Å²) in [7, 11) is 0. The second kappa shape index (κ2) is 4.49. The quantitative estimate of drug-likeness (QED) is 0.876. The van der Waals surface area contributed by atoms with Crippen molar-refractivity contribution in [2.24, 2.45) is 0 Å². The molecule has 1 N–H and O–H groups in total. The molecule has 1 aliphatic heterocycles. The molecular formula is C14H12N2O2. The lowest BCUT2D eigenvalue weighted by molar-refractivity contribution is 0.0983. The molecule has 1 aromatic carbocycles. The Morgan fingerprint density at radius 2 is 1.94 bits per heavy atom. The number of ether oxygens (including phenoxy) is 1. The molecule has 0 spiro atoms. The summed E-state index contributed by atoms with van der Waals surface area (Å²) in [4.78, 5) is 15.9. The number of hydrogen-bond donors (Lipinski definition) is 1. The van der Waals surface area contributed by atoms with Crippen LogP contribution in [0.4, 0.5) is 5.82 Å². The smallest absolute Gasteiger partial charge is 0.221 e. The van der Waals surface area contributed by atoms with Crippen LogP contribution < -0.4 is 10.1 Å². The zero-order valence-corrected chi connectivity index (χ0v) is 9.72. The van der Waals surface area contributed by atoms with Crippen LogP contribution in [0.25, 0.3) is 0 Å². The van der Waals surface area contributed by atoms with E-state index in [1.54, 1.807) is 12.1 Å². The van der Waals surface area contributed by atoms with Crippen molar-refractivity contribution in [3.05, 3.63) is 48.0 Å². The summed E-state index contributed by atoms with van der Waals surface area (Å²) >= 11 is 0. The Morgan fingerprint density at radius 3 is 2.78 bits per heavy atom. The number of Topliss-reactive ketones (excluding diaryl/α,β-unsaturated/α-hetero) is 1. The number of pyridine rings is 1. The lowest BCUT2D eigenvalue weighted by Gasteiger charge is -2.16. The summed E-state index contributed by atoms with van der Waals surface area (Å²) in [5, 5.41) is 3.11. The highest BCUT2D eigenvalue weighted by Crippen LogP contribution is 2.25. The zero-order chi connectivity index (χ0) is 12.4. The van der Waals surface area contributed by atoms with E-state index in [4.69, 9.17) is 4.74 Å². The van der Waals surface area contributed by atoms with Gasteiger partial charge in [-0.15, -0.1) is 0 Å². The summed E-state index contributed by atoms with van der Waals surface area (Å²) in [6, 6.07) is 12.9. The summed E-state index contributed by atoms with van der Waals surface area (Å²) in [6.45, 7) is 0.633. The Hall–Kier alpha value is -2.36. The molecule has 90 valence electrons. The highest BCUT2D eigenvalue weighted by Gasteiger charge is 2.18. The number of fused-ring (bicyclic) bond motifs is 1. The first-order valence-electron chi connectivity index (χ1n) is 5.84. The molecule has 0 amide bonds. The van der Waals surface area contributed by atoms with Crippen LogP contribution in [0.5, 0.6) is 11.6 Å². The van der Waals surface area contributed by atoms with E-state index < -0.39 is 0 Å². The molecule has 4 heteroatoms. The molecular weight excluding hydrogens is 228 g/mol. The second-order valence-electron chi connectivity index (χ2n) is 4.06. The van der Waals surface area contributed by atoms with E-state index in [0.717, 1.165) is 5.75 Å². The number of rotatable bonds is 2. The molecule has 0 saturated carbocycles. The van der Waals surface area contributed by atoms with Gasteiger partial charge in [0.1, 0.15) is 11.6 Å². The molecule has 0 fully saturated rings. The number of carbonyl (C=O) groups excluding carboxylic acids is 1. The van der Waals surface area contributed by atoms with Gasteiger partial charge in [0.05, 0.1) is 5.56 Å².